The van der Waals surface area contributed by atoms with Gasteiger partial charge in [0.05, 0.1) is 22.3 Å². The normalized spacial score (nSPS) is 9.87. The Morgan fingerprint density at radius 2 is 2.33 bits per heavy atom. The van der Waals surface area contributed by atoms with Crippen LogP contribution >= 0.6 is 11.6 Å². The fraction of sp³-hybridized carbons (Fsp3) is 0. The molecule has 5 heteroatoms. The lowest BCUT2D eigenvalue weighted by atomic mass is 10.2. The molecule has 76 valence electrons. The summed E-state index contributed by atoms with van der Waals surface area (Å²) in [7, 11) is 0. The molecule has 0 radical (unpaired) electrons. The van der Waals surface area contributed by atoms with Gasteiger partial charge in [-0.3, -0.25) is 0 Å². The van der Waals surface area contributed by atoms with Crippen LogP contribution in [-0.4, -0.2) is 11.1 Å². The molecular formula is C10H7ClN2O2. The molecule has 0 spiro atoms. The van der Waals surface area contributed by atoms with Gasteiger partial charge in [-0.05, 0) is 18.2 Å². The van der Waals surface area contributed by atoms with E-state index in [0.29, 0.717) is 16.3 Å². The van der Waals surface area contributed by atoms with Gasteiger partial charge in [0.15, 0.2) is 0 Å². The molecule has 4 nitrogen and oxygen atoms in total. The number of rotatable bonds is 3. The minimum atomic E-state index is -1.06. The topological polar surface area (TPSA) is 73.1 Å². The van der Waals surface area contributed by atoms with E-state index in [2.05, 4.69) is 5.32 Å². The number of hydrogen-bond acceptors (Lipinski definition) is 3. The fourth-order valence-electron chi connectivity index (χ4n) is 0.908. The highest BCUT2D eigenvalue weighted by Crippen LogP contribution is 2.22. The van der Waals surface area contributed by atoms with Crippen molar-refractivity contribution in [2.75, 3.05) is 5.32 Å². The Hall–Kier alpha value is -1.99. The van der Waals surface area contributed by atoms with E-state index in [-0.39, 0.29) is 0 Å². The molecule has 0 saturated carbocycles. The molecule has 1 aromatic rings. The minimum Gasteiger partial charge on any atom is -0.478 e. The number of carboxylic acid groups (broad SMARTS) is 1. The van der Waals surface area contributed by atoms with Gasteiger partial charge in [-0.25, -0.2) is 4.79 Å². The maximum atomic E-state index is 10.2. The van der Waals surface area contributed by atoms with Crippen LogP contribution in [0.5, 0.6) is 0 Å². The van der Waals surface area contributed by atoms with Crippen LogP contribution < -0.4 is 5.32 Å². The van der Waals surface area contributed by atoms with E-state index in [1.54, 1.807) is 12.1 Å². The van der Waals surface area contributed by atoms with Crippen LogP contribution in [0.25, 0.3) is 0 Å². The van der Waals surface area contributed by atoms with Gasteiger partial charge < -0.3 is 10.4 Å². The summed E-state index contributed by atoms with van der Waals surface area (Å²) in [4.78, 5) is 10.2. The summed E-state index contributed by atoms with van der Waals surface area (Å²) in [6.45, 7) is 0. The summed E-state index contributed by atoms with van der Waals surface area (Å²) in [5.41, 5.74) is 0.943. The molecule has 0 heterocycles. The standard InChI is InChI=1S/C10H7ClN2O2/c11-8-2-1-7(6-12)5-9(8)13-4-3-10(14)15/h1-5,13H,(H,14,15)/b4-3+. The van der Waals surface area contributed by atoms with E-state index in [1.165, 1.54) is 12.3 Å². The van der Waals surface area contributed by atoms with Crippen molar-refractivity contribution in [1.82, 2.24) is 0 Å². The summed E-state index contributed by atoms with van der Waals surface area (Å²) in [5, 5.41) is 20.1. The summed E-state index contributed by atoms with van der Waals surface area (Å²) < 4.78 is 0. The van der Waals surface area contributed by atoms with Crippen molar-refractivity contribution in [3.8, 4) is 6.07 Å². The number of aliphatic carboxylic acids is 1. The Bertz CT molecular complexity index is 449. The van der Waals surface area contributed by atoms with Crippen LogP contribution in [0, 0.1) is 11.3 Å². The van der Waals surface area contributed by atoms with Crippen molar-refractivity contribution < 1.29 is 9.90 Å². The molecule has 15 heavy (non-hydrogen) atoms. The van der Waals surface area contributed by atoms with E-state index in [0.717, 1.165) is 6.08 Å². The smallest absolute Gasteiger partial charge is 0.329 e. The number of hydrogen-bond donors (Lipinski definition) is 2. The molecule has 0 aliphatic rings. The van der Waals surface area contributed by atoms with Crippen LogP contribution in [0.2, 0.25) is 5.02 Å². The van der Waals surface area contributed by atoms with Gasteiger partial charge in [0.25, 0.3) is 0 Å². The molecular weight excluding hydrogens is 216 g/mol. The van der Waals surface area contributed by atoms with Crippen molar-refractivity contribution in [1.29, 1.82) is 5.26 Å². The number of benzene rings is 1. The van der Waals surface area contributed by atoms with Crippen LogP contribution in [0.4, 0.5) is 5.69 Å². The van der Waals surface area contributed by atoms with Crippen molar-refractivity contribution in [2.24, 2.45) is 0 Å². The molecule has 0 fully saturated rings. The largest absolute Gasteiger partial charge is 0.478 e. The monoisotopic (exact) mass is 222 g/mol. The van der Waals surface area contributed by atoms with Crippen molar-refractivity contribution in [2.45, 2.75) is 0 Å². The summed E-state index contributed by atoms with van der Waals surface area (Å²) in [6.07, 6.45) is 2.18. The molecule has 0 amide bonds. The predicted octanol–water partition coefficient (Wildman–Crippen LogP) is 2.22. The highest BCUT2D eigenvalue weighted by Gasteiger charge is 1.99. The second-order valence-electron chi connectivity index (χ2n) is 2.62. The number of nitrogens with one attached hydrogen (secondary N) is 1. The second kappa shape index (κ2) is 5.03. The van der Waals surface area contributed by atoms with Crippen LogP contribution in [-0.2, 0) is 4.79 Å². The van der Waals surface area contributed by atoms with Gasteiger partial charge in [0.2, 0.25) is 0 Å². The third-order valence-corrected chi connectivity index (χ3v) is 1.89. The average molecular weight is 223 g/mol. The molecule has 1 rings (SSSR count). The van der Waals surface area contributed by atoms with Crippen molar-refractivity contribution in [3.05, 3.63) is 41.1 Å². The fourth-order valence-corrected chi connectivity index (χ4v) is 1.08. The van der Waals surface area contributed by atoms with E-state index >= 15 is 0 Å². The SMILES string of the molecule is N#Cc1ccc(Cl)c(N/C=C/C(=O)O)c1. The van der Waals surface area contributed by atoms with Crippen molar-refractivity contribution in [3.63, 3.8) is 0 Å². The molecule has 0 saturated heterocycles. The van der Waals surface area contributed by atoms with Gasteiger partial charge in [-0.2, -0.15) is 5.26 Å². The first-order valence-corrected chi connectivity index (χ1v) is 4.37. The lowest BCUT2D eigenvalue weighted by Gasteiger charge is -2.03. The highest BCUT2D eigenvalue weighted by molar-refractivity contribution is 6.33. The molecule has 0 aliphatic heterocycles. The zero-order valence-electron chi connectivity index (χ0n) is 7.57. The Morgan fingerprint density at radius 3 is 2.93 bits per heavy atom. The Balaban J connectivity index is 2.85. The zero-order valence-corrected chi connectivity index (χ0v) is 8.32. The van der Waals surface area contributed by atoms with Gasteiger partial charge in [-0.15, -0.1) is 0 Å². The Morgan fingerprint density at radius 1 is 1.60 bits per heavy atom. The number of anilines is 1. The van der Waals surface area contributed by atoms with Crippen molar-refractivity contribution >= 4 is 23.3 Å². The third-order valence-electron chi connectivity index (χ3n) is 1.56. The first-order valence-electron chi connectivity index (χ1n) is 3.99. The molecule has 0 aliphatic carbocycles. The number of carboxylic acids is 1. The second-order valence-corrected chi connectivity index (χ2v) is 3.03. The van der Waals surface area contributed by atoms with Crippen LogP contribution in [0.15, 0.2) is 30.5 Å². The van der Waals surface area contributed by atoms with Gasteiger partial charge in [0.1, 0.15) is 0 Å². The first-order chi connectivity index (χ1) is 7.13. The number of nitriles is 1. The van der Waals surface area contributed by atoms with Gasteiger partial charge >= 0.3 is 5.97 Å². The maximum Gasteiger partial charge on any atom is 0.329 e. The molecule has 0 unspecified atom stereocenters. The summed E-state index contributed by atoms with van der Waals surface area (Å²) in [6, 6.07) is 6.64. The predicted molar refractivity (Wildman–Crippen MR) is 56.6 cm³/mol. The molecule has 0 atom stereocenters. The summed E-state index contributed by atoms with van der Waals surface area (Å²) in [5.74, 6) is -1.06. The average Bonchev–Trinajstić information content (AvgIpc) is 2.20. The van der Waals surface area contributed by atoms with Gasteiger partial charge in [-0.1, -0.05) is 11.6 Å². The molecule has 0 bridgehead atoms. The third kappa shape index (κ3) is 3.33. The van der Waals surface area contributed by atoms with Crippen LogP contribution in [0.1, 0.15) is 5.56 Å². The first kappa shape index (κ1) is 11.1. The Kier molecular flexibility index (Phi) is 3.72. The Labute approximate surface area is 91.4 Å². The molecule has 1 aromatic carbocycles. The lowest BCUT2D eigenvalue weighted by molar-refractivity contribution is -0.131. The van der Waals surface area contributed by atoms with E-state index in [9.17, 15) is 4.79 Å². The summed E-state index contributed by atoms with van der Waals surface area (Å²) >= 11 is 5.82. The number of nitrogens with zero attached hydrogens (tertiary/aromatic N) is 1. The lowest BCUT2D eigenvalue weighted by Crippen LogP contribution is -1.93. The minimum absolute atomic E-state index is 0.420. The quantitative estimate of drug-likeness (QED) is 0.770. The van der Waals surface area contributed by atoms with E-state index in [4.69, 9.17) is 22.0 Å². The number of carbonyl (C=O) groups is 1. The molecule has 2 N–H and O–H groups in total. The maximum absolute atomic E-state index is 10.2. The van der Waals surface area contributed by atoms with Gasteiger partial charge in [0, 0.05) is 12.3 Å². The van der Waals surface area contributed by atoms with E-state index < -0.39 is 5.97 Å². The van der Waals surface area contributed by atoms with E-state index in [1.807, 2.05) is 6.07 Å². The zero-order chi connectivity index (χ0) is 11.3. The number of halogens is 1. The highest BCUT2D eigenvalue weighted by atomic mass is 35.5. The van der Waals surface area contributed by atoms with Crippen LogP contribution in [0.3, 0.4) is 0 Å². The molecule has 0 aromatic heterocycles.